The van der Waals surface area contributed by atoms with Crippen LogP contribution in [0.3, 0.4) is 0 Å². The summed E-state index contributed by atoms with van der Waals surface area (Å²) in [4.78, 5) is 1.82. The smallest absolute Gasteiger partial charge is 0.0455 e. The summed E-state index contributed by atoms with van der Waals surface area (Å²) in [5, 5.41) is 1.39. The molecule has 0 aliphatic rings. The molecule has 0 N–H and O–H groups in total. The third-order valence-corrected chi connectivity index (χ3v) is 2.40. The molecule has 0 atom stereocenters. The molecule has 0 aromatic heterocycles. The first-order valence-electron chi connectivity index (χ1n) is 3.43. The van der Waals surface area contributed by atoms with Gasteiger partial charge in [-0.25, -0.2) is 0 Å². The van der Waals surface area contributed by atoms with E-state index in [1.54, 1.807) is 6.07 Å². The van der Waals surface area contributed by atoms with Crippen LogP contribution in [0.5, 0.6) is 0 Å². The molecule has 0 nitrogen and oxygen atoms in total. The molecule has 0 aliphatic heterocycles. The summed E-state index contributed by atoms with van der Waals surface area (Å²) in [7, 11) is 0. The topological polar surface area (TPSA) is 0 Å². The van der Waals surface area contributed by atoms with Crippen LogP contribution in [0.2, 0.25) is 10.0 Å². The van der Waals surface area contributed by atoms with Crippen LogP contribution < -0.4 is 0 Å². The molecule has 0 heterocycles. The number of halogens is 3. The van der Waals surface area contributed by atoms with Gasteiger partial charge in [0.15, 0.2) is 0 Å². The molecule has 12 heavy (non-hydrogen) atoms. The first-order valence-corrected chi connectivity index (χ1v) is 5.10. The van der Waals surface area contributed by atoms with Crippen molar-refractivity contribution in [3.8, 4) is 0 Å². The Labute approximate surface area is 90.3 Å². The molecule has 0 amide bonds. The highest BCUT2D eigenvalue weighted by Crippen LogP contribution is 2.21. The number of hydrogen-bond acceptors (Lipinski definition) is 0. The van der Waals surface area contributed by atoms with Crippen LogP contribution in [0.4, 0.5) is 0 Å². The fraction of sp³-hybridized carbons (Fsp3) is 0.111. The van der Waals surface area contributed by atoms with Crippen LogP contribution in [0, 0.1) is 0 Å². The fourth-order valence-corrected chi connectivity index (χ4v) is 1.53. The molecule has 0 radical (unpaired) electrons. The van der Waals surface area contributed by atoms with Gasteiger partial charge in [-0.15, -0.1) is 0 Å². The average molecular weight is 266 g/mol. The first kappa shape index (κ1) is 10.1. The van der Waals surface area contributed by atoms with Crippen LogP contribution in [0.15, 0.2) is 29.3 Å². The van der Waals surface area contributed by atoms with Crippen molar-refractivity contribution >= 4 is 39.1 Å². The van der Waals surface area contributed by atoms with E-state index in [-0.39, 0.29) is 0 Å². The highest BCUT2D eigenvalue weighted by atomic mass is 79.9. The second kappa shape index (κ2) is 4.90. The van der Waals surface area contributed by atoms with Gasteiger partial charge in [0.1, 0.15) is 0 Å². The fourth-order valence-electron chi connectivity index (χ4n) is 0.859. The minimum absolute atomic E-state index is 0.673. The molecule has 0 aliphatic carbocycles. The van der Waals surface area contributed by atoms with E-state index in [1.807, 2.05) is 23.2 Å². The van der Waals surface area contributed by atoms with Gasteiger partial charge >= 0.3 is 0 Å². The third kappa shape index (κ3) is 2.81. The lowest BCUT2D eigenvalue weighted by Crippen LogP contribution is -1.81. The number of rotatable bonds is 2. The van der Waals surface area contributed by atoms with Crippen molar-refractivity contribution in [2.24, 2.45) is 0 Å². The first-order chi connectivity index (χ1) is 5.74. The Kier molecular flexibility index (Phi) is 4.13. The van der Waals surface area contributed by atoms with Crippen LogP contribution in [-0.2, 0) is 6.42 Å². The SMILES string of the molecule is Clc1ccc(CC=CBr)c(Cl)c1. The van der Waals surface area contributed by atoms with Gasteiger partial charge in [-0.1, -0.05) is 51.3 Å². The summed E-state index contributed by atoms with van der Waals surface area (Å²) >= 11 is 14.9. The van der Waals surface area contributed by atoms with Crippen molar-refractivity contribution in [1.29, 1.82) is 0 Å². The van der Waals surface area contributed by atoms with Gasteiger partial charge in [-0.3, -0.25) is 0 Å². The van der Waals surface area contributed by atoms with Crippen molar-refractivity contribution < 1.29 is 0 Å². The Balaban J connectivity index is 2.86. The quantitative estimate of drug-likeness (QED) is 0.742. The normalized spacial score (nSPS) is 10.9. The molecule has 1 aromatic carbocycles. The van der Waals surface area contributed by atoms with Gasteiger partial charge in [0, 0.05) is 10.0 Å². The second-order valence-corrected chi connectivity index (χ2v) is 3.67. The van der Waals surface area contributed by atoms with Gasteiger partial charge < -0.3 is 0 Å². The van der Waals surface area contributed by atoms with E-state index in [0.717, 1.165) is 12.0 Å². The second-order valence-electron chi connectivity index (χ2n) is 2.30. The van der Waals surface area contributed by atoms with Crippen molar-refractivity contribution in [3.63, 3.8) is 0 Å². The summed E-state index contributed by atoms with van der Waals surface area (Å²) in [6.45, 7) is 0. The number of hydrogen-bond donors (Lipinski definition) is 0. The van der Waals surface area contributed by atoms with Gasteiger partial charge in [0.25, 0.3) is 0 Å². The standard InChI is InChI=1S/C9H7BrCl2/c10-5-1-2-7-3-4-8(11)6-9(7)12/h1,3-6H,2H2. The van der Waals surface area contributed by atoms with Gasteiger partial charge in [0.05, 0.1) is 0 Å². The van der Waals surface area contributed by atoms with Crippen LogP contribution in [0.25, 0.3) is 0 Å². The van der Waals surface area contributed by atoms with Gasteiger partial charge in [-0.2, -0.15) is 0 Å². The molecule has 0 saturated carbocycles. The van der Waals surface area contributed by atoms with Crippen molar-refractivity contribution in [3.05, 3.63) is 44.9 Å². The van der Waals surface area contributed by atoms with E-state index in [0.29, 0.717) is 10.0 Å². The van der Waals surface area contributed by atoms with Gasteiger partial charge in [-0.05, 0) is 29.1 Å². The summed E-state index contributed by atoms with van der Waals surface area (Å²) in [5.41, 5.74) is 1.08. The molecular weight excluding hydrogens is 259 g/mol. The summed E-state index contributed by atoms with van der Waals surface area (Å²) in [6, 6.07) is 5.52. The predicted octanol–water partition coefficient (Wildman–Crippen LogP) is 4.44. The molecule has 0 unspecified atom stereocenters. The maximum Gasteiger partial charge on any atom is 0.0455 e. The van der Waals surface area contributed by atoms with E-state index in [2.05, 4.69) is 15.9 Å². The lowest BCUT2D eigenvalue weighted by atomic mass is 10.1. The van der Waals surface area contributed by atoms with Gasteiger partial charge in [0.2, 0.25) is 0 Å². The zero-order valence-electron chi connectivity index (χ0n) is 6.23. The molecular formula is C9H7BrCl2. The monoisotopic (exact) mass is 264 g/mol. The highest BCUT2D eigenvalue weighted by molar-refractivity contribution is 9.11. The Morgan fingerprint density at radius 2 is 2.08 bits per heavy atom. The van der Waals surface area contributed by atoms with E-state index in [4.69, 9.17) is 23.2 Å². The minimum atomic E-state index is 0.673. The highest BCUT2D eigenvalue weighted by Gasteiger charge is 1.97. The van der Waals surface area contributed by atoms with Crippen LogP contribution in [-0.4, -0.2) is 0 Å². The van der Waals surface area contributed by atoms with Crippen LogP contribution >= 0.6 is 39.1 Å². The van der Waals surface area contributed by atoms with E-state index >= 15 is 0 Å². The van der Waals surface area contributed by atoms with E-state index < -0.39 is 0 Å². The summed E-state index contributed by atoms with van der Waals surface area (Å²) in [5.74, 6) is 0. The maximum absolute atomic E-state index is 5.93. The Morgan fingerprint density at radius 1 is 1.33 bits per heavy atom. The average Bonchev–Trinajstić information content (AvgIpc) is 2.03. The minimum Gasteiger partial charge on any atom is -0.0843 e. The van der Waals surface area contributed by atoms with Crippen molar-refractivity contribution in [2.75, 3.05) is 0 Å². The zero-order valence-corrected chi connectivity index (χ0v) is 9.33. The molecule has 0 spiro atoms. The molecule has 1 rings (SSSR count). The molecule has 0 bridgehead atoms. The molecule has 64 valence electrons. The molecule has 3 heteroatoms. The number of allylic oxidation sites excluding steroid dienone is 1. The lowest BCUT2D eigenvalue weighted by molar-refractivity contribution is 1.28. The largest absolute Gasteiger partial charge is 0.0843 e. The predicted molar refractivity (Wildman–Crippen MR) is 58.2 cm³/mol. The summed E-state index contributed by atoms with van der Waals surface area (Å²) < 4.78 is 0. The third-order valence-electron chi connectivity index (χ3n) is 1.44. The molecule has 0 fully saturated rings. The summed E-state index contributed by atoms with van der Waals surface area (Å²) in [6.07, 6.45) is 2.80. The molecule has 1 aromatic rings. The Morgan fingerprint density at radius 3 is 2.67 bits per heavy atom. The zero-order chi connectivity index (χ0) is 8.97. The Bertz CT molecular complexity index is 295. The van der Waals surface area contributed by atoms with Crippen LogP contribution in [0.1, 0.15) is 5.56 Å². The van der Waals surface area contributed by atoms with Crippen molar-refractivity contribution in [2.45, 2.75) is 6.42 Å². The van der Waals surface area contributed by atoms with E-state index in [9.17, 15) is 0 Å². The molecule has 0 saturated heterocycles. The Hall–Kier alpha value is 0.0200. The van der Waals surface area contributed by atoms with E-state index in [1.165, 1.54) is 0 Å². The number of benzene rings is 1. The lowest BCUT2D eigenvalue weighted by Gasteiger charge is -1.99. The maximum atomic E-state index is 5.93. The van der Waals surface area contributed by atoms with Crippen molar-refractivity contribution in [1.82, 2.24) is 0 Å².